The van der Waals surface area contributed by atoms with Crippen LogP contribution in [-0.4, -0.2) is 37.5 Å². The summed E-state index contributed by atoms with van der Waals surface area (Å²) < 4.78 is 9.34. The first-order chi connectivity index (χ1) is 16.4. The van der Waals surface area contributed by atoms with Gasteiger partial charge in [-0.25, -0.2) is 14.5 Å². The number of aryl methyl sites for hydroxylation is 2. The van der Waals surface area contributed by atoms with Gasteiger partial charge in [-0.3, -0.25) is 4.79 Å². The lowest BCUT2D eigenvalue weighted by molar-refractivity contribution is 0.112. The highest BCUT2D eigenvalue weighted by atomic mass is 35.5. The number of nitrogens with zero attached hydrogens (tertiary/aromatic N) is 5. The quantitative estimate of drug-likeness (QED) is 0.316. The van der Waals surface area contributed by atoms with Gasteiger partial charge in [-0.1, -0.05) is 23.7 Å². The lowest BCUT2D eigenvalue weighted by Gasteiger charge is -2.10. The average molecular weight is 472 g/mol. The van der Waals surface area contributed by atoms with Crippen LogP contribution < -0.4 is 4.74 Å². The fraction of sp³-hybridized carbons (Fsp3) is 0.154. The van der Waals surface area contributed by atoms with Crippen molar-refractivity contribution in [3.8, 4) is 22.6 Å². The zero-order valence-corrected chi connectivity index (χ0v) is 19.7. The number of ether oxygens (including phenoxy) is 1. The van der Waals surface area contributed by atoms with E-state index in [9.17, 15) is 4.79 Å². The number of hydrogen-bond donors (Lipinski definition) is 0. The number of carbonyl (C=O) groups excluding carboxylic acids is 1. The topological polar surface area (TPSA) is 74.3 Å². The van der Waals surface area contributed by atoms with E-state index in [0.717, 1.165) is 45.7 Å². The monoisotopic (exact) mass is 471 g/mol. The first-order valence-corrected chi connectivity index (χ1v) is 11.1. The van der Waals surface area contributed by atoms with Crippen molar-refractivity contribution >= 4 is 23.5 Å². The number of aromatic nitrogens is 5. The fourth-order valence-electron chi connectivity index (χ4n) is 4.09. The molecule has 7 nitrogen and oxygen atoms in total. The van der Waals surface area contributed by atoms with E-state index in [1.165, 1.54) is 0 Å². The molecule has 34 heavy (non-hydrogen) atoms. The molecule has 0 aliphatic rings. The second-order valence-electron chi connectivity index (χ2n) is 8.18. The van der Waals surface area contributed by atoms with E-state index in [4.69, 9.17) is 26.4 Å². The maximum Gasteiger partial charge on any atom is 0.163 e. The average Bonchev–Trinajstić information content (AvgIpc) is 3.43. The summed E-state index contributed by atoms with van der Waals surface area (Å²) in [6, 6.07) is 13.3. The number of imidazole rings is 1. The van der Waals surface area contributed by atoms with Gasteiger partial charge in [-0.05, 0) is 60.9 Å². The van der Waals surface area contributed by atoms with E-state index in [0.29, 0.717) is 28.5 Å². The molecule has 8 heteroatoms. The van der Waals surface area contributed by atoms with Crippen LogP contribution in [0.15, 0.2) is 61.2 Å². The van der Waals surface area contributed by atoms with Crippen LogP contribution in [0.2, 0.25) is 5.02 Å². The van der Waals surface area contributed by atoms with Crippen molar-refractivity contribution in [3.05, 3.63) is 94.4 Å². The third-order valence-electron chi connectivity index (χ3n) is 5.64. The van der Waals surface area contributed by atoms with Crippen molar-refractivity contribution in [2.24, 2.45) is 0 Å². The van der Waals surface area contributed by atoms with Gasteiger partial charge in [0, 0.05) is 35.0 Å². The van der Waals surface area contributed by atoms with E-state index in [-0.39, 0.29) is 0 Å². The summed E-state index contributed by atoms with van der Waals surface area (Å²) in [5, 5.41) is 5.22. The number of fused-ring (bicyclic) bond motifs is 1. The second kappa shape index (κ2) is 8.76. The highest BCUT2D eigenvalue weighted by Gasteiger charge is 2.15. The Morgan fingerprint density at radius 1 is 1.06 bits per heavy atom. The van der Waals surface area contributed by atoms with Crippen LogP contribution in [0.5, 0.6) is 5.75 Å². The largest absolute Gasteiger partial charge is 0.495 e. The number of carbonyl (C=O) groups is 1. The maximum atomic E-state index is 11.7. The summed E-state index contributed by atoms with van der Waals surface area (Å²) in [6.07, 6.45) is 6.99. The van der Waals surface area contributed by atoms with Crippen molar-refractivity contribution in [1.29, 1.82) is 0 Å². The van der Waals surface area contributed by atoms with Crippen LogP contribution in [0.3, 0.4) is 0 Å². The van der Waals surface area contributed by atoms with Gasteiger partial charge in [0.2, 0.25) is 0 Å². The minimum atomic E-state index is 0.514. The Bertz CT molecular complexity index is 1540. The molecule has 170 valence electrons. The Balaban J connectivity index is 1.54. The molecule has 0 N–H and O–H groups in total. The lowest BCUT2D eigenvalue weighted by atomic mass is 10.0. The van der Waals surface area contributed by atoms with Gasteiger partial charge < -0.3 is 9.30 Å². The molecule has 5 aromatic rings. The molecule has 0 aliphatic heterocycles. The van der Waals surface area contributed by atoms with E-state index in [1.807, 2.05) is 61.1 Å². The minimum Gasteiger partial charge on any atom is -0.495 e. The molecule has 0 amide bonds. The number of rotatable bonds is 6. The van der Waals surface area contributed by atoms with Crippen LogP contribution in [0.25, 0.3) is 22.5 Å². The minimum absolute atomic E-state index is 0.514. The molecule has 3 heterocycles. The Hall–Kier alpha value is -3.97. The lowest BCUT2D eigenvalue weighted by Crippen LogP contribution is -1.98. The maximum absolute atomic E-state index is 11.7. The van der Waals surface area contributed by atoms with Crippen molar-refractivity contribution in [1.82, 2.24) is 24.1 Å². The molecule has 0 unspecified atom stereocenters. The molecule has 0 bridgehead atoms. The number of benzene rings is 2. The third-order valence-corrected chi connectivity index (χ3v) is 5.88. The van der Waals surface area contributed by atoms with Crippen LogP contribution in [0.1, 0.15) is 33.0 Å². The molecule has 0 saturated carbocycles. The highest BCUT2D eigenvalue weighted by molar-refractivity contribution is 6.31. The number of methoxy groups -OCH3 is 1. The van der Waals surface area contributed by atoms with E-state index in [1.54, 1.807) is 30.1 Å². The van der Waals surface area contributed by atoms with Crippen LogP contribution in [0.4, 0.5) is 0 Å². The Morgan fingerprint density at radius 3 is 2.65 bits per heavy atom. The van der Waals surface area contributed by atoms with E-state index in [2.05, 4.69) is 4.98 Å². The van der Waals surface area contributed by atoms with Gasteiger partial charge in [0.1, 0.15) is 5.75 Å². The standard InChI is InChI=1S/C26H22ClN5O2/c1-16-8-22(21-6-5-20(27)11-19(21)14-33)26-29-25(30-32(26)12-16)10-18-4-7-23(24(9-18)34-3)31-13-17(2)28-15-31/h4-9,11-15H,10H2,1-3H3. The van der Waals surface area contributed by atoms with Crippen molar-refractivity contribution < 1.29 is 9.53 Å². The summed E-state index contributed by atoms with van der Waals surface area (Å²) in [4.78, 5) is 20.8. The molecule has 0 aliphatic carbocycles. The third kappa shape index (κ3) is 4.06. The van der Waals surface area contributed by atoms with Crippen molar-refractivity contribution in [2.45, 2.75) is 20.3 Å². The summed E-state index contributed by atoms with van der Waals surface area (Å²) in [5.41, 5.74) is 6.68. The predicted molar refractivity (Wildman–Crippen MR) is 131 cm³/mol. The SMILES string of the molecule is COc1cc(Cc2nc3c(-c4ccc(Cl)cc4C=O)cc(C)cn3n2)ccc1-n1cnc(C)c1. The molecule has 2 aromatic carbocycles. The van der Waals surface area contributed by atoms with Crippen molar-refractivity contribution in [3.63, 3.8) is 0 Å². The molecule has 0 saturated heterocycles. The number of halogens is 1. The van der Waals surface area contributed by atoms with Crippen LogP contribution >= 0.6 is 11.6 Å². The van der Waals surface area contributed by atoms with Gasteiger partial charge in [0.05, 0.1) is 24.8 Å². The molecule has 3 aromatic heterocycles. The van der Waals surface area contributed by atoms with Gasteiger partial charge >= 0.3 is 0 Å². The summed E-state index contributed by atoms with van der Waals surface area (Å²) in [7, 11) is 1.65. The van der Waals surface area contributed by atoms with Crippen molar-refractivity contribution in [2.75, 3.05) is 7.11 Å². The van der Waals surface area contributed by atoms with Gasteiger partial charge in [-0.15, -0.1) is 0 Å². The smallest absolute Gasteiger partial charge is 0.163 e. The van der Waals surface area contributed by atoms with Crippen LogP contribution in [0, 0.1) is 13.8 Å². The zero-order valence-electron chi connectivity index (χ0n) is 19.0. The summed E-state index contributed by atoms with van der Waals surface area (Å²) in [5.74, 6) is 1.41. The van der Waals surface area contributed by atoms with Gasteiger partial charge in [-0.2, -0.15) is 5.10 Å². The predicted octanol–water partition coefficient (Wildman–Crippen LogP) is 5.26. The number of hydrogen-bond acceptors (Lipinski definition) is 5. The molecule has 0 fully saturated rings. The Labute approximate surface area is 201 Å². The van der Waals surface area contributed by atoms with Gasteiger partial charge in [0.25, 0.3) is 0 Å². The normalized spacial score (nSPS) is 11.2. The Morgan fingerprint density at radius 2 is 1.91 bits per heavy atom. The molecule has 0 atom stereocenters. The van der Waals surface area contributed by atoms with E-state index < -0.39 is 0 Å². The molecular weight excluding hydrogens is 450 g/mol. The number of aldehydes is 1. The van der Waals surface area contributed by atoms with Gasteiger partial charge in [0.15, 0.2) is 17.8 Å². The first-order valence-electron chi connectivity index (χ1n) is 10.7. The molecule has 5 rings (SSSR count). The molecule has 0 spiro atoms. The zero-order chi connectivity index (χ0) is 23.8. The summed E-state index contributed by atoms with van der Waals surface area (Å²) >= 11 is 6.10. The summed E-state index contributed by atoms with van der Waals surface area (Å²) in [6.45, 7) is 3.94. The fourth-order valence-corrected chi connectivity index (χ4v) is 4.27. The molecule has 0 radical (unpaired) electrons. The number of pyridine rings is 1. The Kier molecular flexibility index (Phi) is 5.63. The van der Waals surface area contributed by atoms with Crippen LogP contribution in [-0.2, 0) is 6.42 Å². The first kappa shape index (κ1) is 21.9. The molecular formula is C26H22ClN5O2. The highest BCUT2D eigenvalue weighted by Crippen LogP contribution is 2.30. The van der Waals surface area contributed by atoms with E-state index >= 15 is 0 Å². The second-order valence-corrected chi connectivity index (χ2v) is 8.62.